The summed E-state index contributed by atoms with van der Waals surface area (Å²) in [5, 5.41) is 3.44. The van der Waals surface area contributed by atoms with Gasteiger partial charge in [0.25, 0.3) is 0 Å². The first kappa shape index (κ1) is 14.5. The van der Waals surface area contributed by atoms with Crippen molar-refractivity contribution in [3.63, 3.8) is 0 Å². The molecule has 20 heavy (non-hydrogen) atoms. The molecule has 0 amide bonds. The van der Waals surface area contributed by atoms with Gasteiger partial charge in [0.05, 0.1) is 0 Å². The molecule has 2 heterocycles. The number of benzene rings is 1. The molecular weight excluding hydrogens is 314 g/mol. The molecule has 2 aliphatic heterocycles. The van der Waals surface area contributed by atoms with E-state index in [4.69, 9.17) is 0 Å². The van der Waals surface area contributed by atoms with E-state index in [9.17, 15) is 0 Å². The largest absolute Gasteiger partial charge is 0.314 e. The second kappa shape index (κ2) is 6.56. The molecule has 0 bridgehead atoms. The number of aryl methyl sites for hydroxylation is 1. The Morgan fingerprint density at radius 2 is 2.05 bits per heavy atom. The molecule has 1 aromatic rings. The standard InChI is InChI=1S/C16H24BrN3/c1-13-2-3-14(16(17)10-13)11-19-7-4-15(12-19)20-8-5-18-6-9-20/h2-3,10,15,18H,4-9,11-12H2,1H3. The lowest BCUT2D eigenvalue weighted by Gasteiger charge is -2.32. The van der Waals surface area contributed by atoms with Gasteiger partial charge >= 0.3 is 0 Å². The highest BCUT2D eigenvalue weighted by Gasteiger charge is 2.28. The Bertz CT molecular complexity index is 457. The van der Waals surface area contributed by atoms with Crippen LogP contribution in [0.15, 0.2) is 22.7 Å². The van der Waals surface area contributed by atoms with Crippen LogP contribution in [0.1, 0.15) is 17.5 Å². The molecule has 0 aromatic heterocycles. The predicted molar refractivity (Wildman–Crippen MR) is 87.0 cm³/mol. The highest BCUT2D eigenvalue weighted by atomic mass is 79.9. The van der Waals surface area contributed by atoms with Gasteiger partial charge in [0, 0.05) is 56.3 Å². The fourth-order valence-corrected chi connectivity index (χ4v) is 3.94. The Labute approximate surface area is 130 Å². The smallest absolute Gasteiger partial charge is 0.0245 e. The van der Waals surface area contributed by atoms with Gasteiger partial charge in [0.2, 0.25) is 0 Å². The number of hydrogen-bond acceptors (Lipinski definition) is 3. The third-order valence-corrected chi connectivity index (χ3v) is 5.26. The quantitative estimate of drug-likeness (QED) is 0.912. The van der Waals surface area contributed by atoms with Crippen molar-refractivity contribution < 1.29 is 0 Å². The molecule has 110 valence electrons. The molecule has 0 aliphatic carbocycles. The van der Waals surface area contributed by atoms with Crippen molar-refractivity contribution in [3.05, 3.63) is 33.8 Å². The van der Waals surface area contributed by atoms with E-state index >= 15 is 0 Å². The maximum atomic E-state index is 3.70. The van der Waals surface area contributed by atoms with Gasteiger partial charge in [-0.25, -0.2) is 0 Å². The molecule has 1 aromatic carbocycles. The first-order chi connectivity index (χ1) is 9.72. The summed E-state index contributed by atoms with van der Waals surface area (Å²) in [6, 6.07) is 7.46. The molecule has 3 rings (SSSR count). The number of piperazine rings is 1. The van der Waals surface area contributed by atoms with Crippen LogP contribution in [0.3, 0.4) is 0 Å². The number of hydrogen-bond donors (Lipinski definition) is 1. The average molecular weight is 338 g/mol. The van der Waals surface area contributed by atoms with Crippen molar-refractivity contribution in [2.45, 2.75) is 25.9 Å². The van der Waals surface area contributed by atoms with Crippen molar-refractivity contribution in [1.29, 1.82) is 0 Å². The van der Waals surface area contributed by atoms with Gasteiger partial charge in [0.15, 0.2) is 0 Å². The van der Waals surface area contributed by atoms with Crippen molar-refractivity contribution >= 4 is 15.9 Å². The van der Waals surface area contributed by atoms with E-state index in [-0.39, 0.29) is 0 Å². The van der Waals surface area contributed by atoms with Crippen LogP contribution in [0.2, 0.25) is 0 Å². The van der Waals surface area contributed by atoms with Crippen molar-refractivity contribution in [2.24, 2.45) is 0 Å². The van der Waals surface area contributed by atoms with Crippen LogP contribution < -0.4 is 5.32 Å². The maximum absolute atomic E-state index is 3.70. The predicted octanol–water partition coefficient (Wildman–Crippen LogP) is 2.24. The van der Waals surface area contributed by atoms with E-state index in [1.807, 2.05) is 0 Å². The lowest BCUT2D eigenvalue weighted by atomic mass is 10.1. The monoisotopic (exact) mass is 337 g/mol. The van der Waals surface area contributed by atoms with Gasteiger partial charge in [-0.05, 0) is 30.5 Å². The van der Waals surface area contributed by atoms with Gasteiger partial charge in [-0.1, -0.05) is 28.1 Å². The second-order valence-electron chi connectivity index (χ2n) is 6.06. The van der Waals surface area contributed by atoms with Gasteiger partial charge in [0.1, 0.15) is 0 Å². The van der Waals surface area contributed by atoms with Crippen LogP contribution in [0, 0.1) is 6.92 Å². The van der Waals surface area contributed by atoms with Gasteiger partial charge in [-0.15, -0.1) is 0 Å². The zero-order valence-corrected chi connectivity index (χ0v) is 13.8. The Hall–Kier alpha value is -0.420. The molecule has 1 N–H and O–H groups in total. The van der Waals surface area contributed by atoms with Crippen LogP contribution in [0.25, 0.3) is 0 Å². The number of nitrogens with one attached hydrogen (secondary N) is 1. The summed E-state index contributed by atoms with van der Waals surface area (Å²) < 4.78 is 1.25. The number of likely N-dealkylation sites (tertiary alicyclic amines) is 1. The third kappa shape index (κ3) is 3.42. The molecule has 2 saturated heterocycles. The van der Waals surface area contributed by atoms with Crippen LogP contribution in [0.4, 0.5) is 0 Å². The van der Waals surface area contributed by atoms with Gasteiger partial charge in [-0.3, -0.25) is 9.80 Å². The SMILES string of the molecule is Cc1ccc(CN2CCC(N3CCNCC3)C2)c(Br)c1. The summed E-state index contributed by atoms with van der Waals surface area (Å²) in [5.74, 6) is 0. The Morgan fingerprint density at radius 1 is 1.25 bits per heavy atom. The summed E-state index contributed by atoms with van der Waals surface area (Å²) in [7, 11) is 0. The Kier molecular flexibility index (Phi) is 4.76. The van der Waals surface area contributed by atoms with Gasteiger partial charge in [-0.2, -0.15) is 0 Å². The molecule has 2 fully saturated rings. The second-order valence-corrected chi connectivity index (χ2v) is 6.91. The molecule has 0 saturated carbocycles. The van der Waals surface area contributed by atoms with Crippen molar-refractivity contribution in [2.75, 3.05) is 39.3 Å². The first-order valence-corrected chi connectivity index (χ1v) is 8.44. The summed E-state index contributed by atoms with van der Waals surface area (Å²) in [4.78, 5) is 5.27. The van der Waals surface area contributed by atoms with Crippen molar-refractivity contribution in [3.8, 4) is 0 Å². The zero-order valence-electron chi connectivity index (χ0n) is 12.2. The summed E-state index contributed by atoms with van der Waals surface area (Å²) in [5.41, 5.74) is 2.73. The highest BCUT2D eigenvalue weighted by Crippen LogP contribution is 2.23. The van der Waals surface area contributed by atoms with E-state index in [2.05, 4.69) is 56.2 Å². The van der Waals surface area contributed by atoms with E-state index in [0.717, 1.165) is 25.7 Å². The number of nitrogens with zero attached hydrogens (tertiary/aromatic N) is 2. The average Bonchev–Trinajstić information content (AvgIpc) is 2.92. The molecular formula is C16H24BrN3. The molecule has 2 aliphatic rings. The minimum Gasteiger partial charge on any atom is -0.314 e. The van der Waals surface area contributed by atoms with Crippen LogP contribution in [-0.4, -0.2) is 55.1 Å². The summed E-state index contributed by atoms with van der Waals surface area (Å²) in [6.45, 7) is 10.4. The topological polar surface area (TPSA) is 18.5 Å². The van der Waals surface area contributed by atoms with E-state index in [1.54, 1.807) is 0 Å². The van der Waals surface area contributed by atoms with Crippen LogP contribution in [-0.2, 0) is 6.54 Å². The number of rotatable bonds is 3. The van der Waals surface area contributed by atoms with E-state index in [1.165, 1.54) is 48.2 Å². The normalized spacial score (nSPS) is 25.2. The van der Waals surface area contributed by atoms with Gasteiger partial charge < -0.3 is 5.32 Å². The first-order valence-electron chi connectivity index (χ1n) is 7.64. The fraction of sp³-hybridized carbons (Fsp3) is 0.625. The fourth-order valence-electron chi connectivity index (χ4n) is 3.32. The van der Waals surface area contributed by atoms with Crippen LogP contribution >= 0.6 is 15.9 Å². The Balaban J connectivity index is 1.57. The van der Waals surface area contributed by atoms with E-state index in [0.29, 0.717) is 0 Å². The molecule has 1 unspecified atom stereocenters. The molecule has 0 radical (unpaired) electrons. The highest BCUT2D eigenvalue weighted by molar-refractivity contribution is 9.10. The summed E-state index contributed by atoms with van der Waals surface area (Å²) in [6.07, 6.45) is 1.32. The molecule has 4 heteroatoms. The third-order valence-electron chi connectivity index (χ3n) is 4.52. The maximum Gasteiger partial charge on any atom is 0.0245 e. The molecule has 0 spiro atoms. The summed E-state index contributed by atoms with van der Waals surface area (Å²) >= 11 is 3.70. The lowest BCUT2D eigenvalue weighted by Crippen LogP contribution is -2.49. The molecule has 3 nitrogen and oxygen atoms in total. The minimum absolute atomic E-state index is 0.765. The minimum atomic E-state index is 0.765. The van der Waals surface area contributed by atoms with Crippen LogP contribution in [0.5, 0.6) is 0 Å². The lowest BCUT2D eigenvalue weighted by molar-refractivity contribution is 0.170. The zero-order chi connectivity index (χ0) is 13.9. The Morgan fingerprint density at radius 3 is 2.80 bits per heavy atom. The van der Waals surface area contributed by atoms with E-state index < -0.39 is 0 Å². The van der Waals surface area contributed by atoms with Crippen molar-refractivity contribution in [1.82, 2.24) is 15.1 Å². The molecule has 1 atom stereocenters. The number of halogens is 1.